The Hall–Kier alpha value is -4.21. The van der Waals surface area contributed by atoms with Crippen molar-refractivity contribution >= 4 is 59.8 Å². The number of hydrogen-bond acceptors (Lipinski definition) is 10. The molecule has 0 spiro atoms. The van der Waals surface area contributed by atoms with E-state index in [0.717, 1.165) is 4.88 Å². The van der Waals surface area contributed by atoms with E-state index < -0.39 is 25.8 Å². The molecule has 1 unspecified atom stereocenters. The Morgan fingerprint density at radius 3 is 2.55 bits per heavy atom. The van der Waals surface area contributed by atoms with Gasteiger partial charge in [-0.2, -0.15) is 5.10 Å². The molecule has 0 saturated carbocycles. The number of aryl methyl sites for hydroxylation is 2. The van der Waals surface area contributed by atoms with Gasteiger partial charge >= 0.3 is 0 Å². The fourth-order valence-electron chi connectivity index (χ4n) is 4.86. The number of nitrogens with zero attached hydrogens (tertiary/aromatic N) is 5. The minimum atomic E-state index is -3.96. The average Bonchev–Trinajstić information content (AvgIpc) is 3.67. The lowest BCUT2D eigenvalue weighted by Gasteiger charge is -2.12. The molecule has 2 N–H and O–H groups in total. The van der Waals surface area contributed by atoms with Crippen LogP contribution in [0.3, 0.4) is 0 Å². The highest BCUT2D eigenvalue weighted by Crippen LogP contribution is 2.33. The van der Waals surface area contributed by atoms with Gasteiger partial charge in [0, 0.05) is 17.6 Å². The second kappa shape index (κ2) is 10.6. The summed E-state index contributed by atoms with van der Waals surface area (Å²) in [7, 11) is -7.13. The number of hydrogen-bond donors (Lipinski definition) is 2. The fourth-order valence-corrected chi connectivity index (χ4v) is 8.19. The molecule has 12 nitrogen and oxygen atoms in total. The molecule has 0 radical (unpaired) electrons. The molecule has 1 aliphatic rings. The van der Waals surface area contributed by atoms with Crippen LogP contribution in [0.5, 0.6) is 0 Å². The van der Waals surface area contributed by atoms with E-state index in [2.05, 4.69) is 25.1 Å². The van der Waals surface area contributed by atoms with Gasteiger partial charge in [-0.15, -0.1) is 11.3 Å². The molecule has 15 heteroatoms. The van der Waals surface area contributed by atoms with Crippen LogP contribution in [0.25, 0.3) is 21.6 Å². The minimum absolute atomic E-state index is 0.0273. The average molecular weight is 624 g/mol. The third kappa shape index (κ3) is 5.49. The number of nitrogens with one attached hydrogen (secondary N) is 2. The zero-order valence-corrected chi connectivity index (χ0v) is 24.9. The minimum Gasteiger partial charge on any atom is -0.322 e. The molecule has 1 atom stereocenters. The van der Waals surface area contributed by atoms with Crippen molar-refractivity contribution in [2.75, 3.05) is 21.5 Å². The highest BCUT2D eigenvalue weighted by molar-refractivity contribution is 7.92. The Morgan fingerprint density at radius 1 is 1.10 bits per heavy atom. The third-order valence-corrected chi connectivity index (χ3v) is 10.8. The molecule has 1 aliphatic heterocycles. The maximum Gasteiger partial charge on any atom is 0.264 e. The summed E-state index contributed by atoms with van der Waals surface area (Å²) < 4.78 is 54.0. The van der Waals surface area contributed by atoms with E-state index in [1.54, 1.807) is 30.7 Å². The molecule has 1 fully saturated rings. The number of carbonyl (C=O) groups excluding carboxylic acids is 1. The zero-order valence-electron chi connectivity index (χ0n) is 22.5. The normalized spacial score (nSPS) is 16.5. The smallest absolute Gasteiger partial charge is 0.264 e. The van der Waals surface area contributed by atoms with Crippen LogP contribution in [0.2, 0.25) is 0 Å². The number of benzene rings is 1. The summed E-state index contributed by atoms with van der Waals surface area (Å²) in [5.41, 5.74) is 2.87. The van der Waals surface area contributed by atoms with E-state index in [-0.39, 0.29) is 28.4 Å². The molecular weight excluding hydrogens is 599 g/mol. The monoisotopic (exact) mass is 623 g/mol. The third-order valence-electron chi connectivity index (χ3n) is 6.85. The molecule has 5 aromatic rings. The number of carbonyl (C=O) groups is 1. The van der Waals surface area contributed by atoms with Gasteiger partial charge in [0.1, 0.15) is 0 Å². The van der Waals surface area contributed by atoms with Crippen LogP contribution >= 0.6 is 11.3 Å². The van der Waals surface area contributed by atoms with Gasteiger partial charge in [0.25, 0.3) is 15.9 Å². The number of sulfonamides is 1. The van der Waals surface area contributed by atoms with E-state index in [1.165, 1.54) is 41.8 Å². The molecule has 0 bridgehead atoms. The van der Waals surface area contributed by atoms with Gasteiger partial charge in [0.05, 0.1) is 49.7 Å². The van der Waals surface area contributed by atoms with Crippen molar-refractivity contribution in [3.8, 4) is 10.6 Å². The zero-order chi connectivity index (χ0) is 29.6. The Morgan fingerprint density at radius 2 is 1.88 bits per heavy atom. The number of fused-ring (bicyclic) bond motifs is 1. The Labute approximate surface area is 245 Å². The molecule has 0 aliphatic carbocycles. The van der Waals surface area contributed by atoms with E-state index >= 15 is 0 Å². The number of thiophene rings is 1. The lowest BCUT2D eigenvalue weighted by atomic mass is 10.1. The van der Waals surface area contributed by atoms with Gasteiger partial charge in [0.15, 0.2) is 15.5 Å². The molecule has 5 heterocycles. The molecule has 6 rings (SSSR count). The van der Waals surface area contributed by atoms with Crippen LogP contribution in [-0.4, -0.2) is 59.0 Å². The van der Waals surface area contributed by atoms with Crippen molar-refractivity contribution in [3.05, 3.63) is 77.1 Å². The number of pyridine rings is 1. The maximum atomic E-state index is 13.7. The van der Waals surface area contributed by atoms with Gasteiger partial charge in [-0.05, 0) is 68.1 Å². The van der Waals surface area contributed by atoms with Gasteiger partial charge in [0.2, 0.25) is 5.95 Å². The number of rotatable bonds is 7. The summed E-state index contributed by atoms with van der Waals surface area (Å²) in [4.78, 5) is 27.3. The topological polar surface area (TPSA) is 166 Å². The van der Waals surface area contributed by atoms with E-state index in [9.17, 15) is 21.6 Å². The van der Waals surface area contributed by atoms with Crippen molar-refractivity contribution in [3.63, 3.8) is 0 Å². The Balaban J connectivity index is 1.32. The molecule has 1 aromatic carbocycles. The molecule has 1 amide bonds. The Kier molecular flexibility index (Phi) is 7.03. The maximum absolute atomic E-state index is 13.7. The molecule has 1 saturated heterocycles. The quantitative estimate of drug-likeness (QED) is 0.273. The van der Waals surface area contributed by atoms with Gasteiger partial charge in [-0.3, -0.25) is 4.79 Å². The first-order valence-corrected chi connectivity index (χ1v) is 17.1. The SMILES string of the molecule is Cc1ccnc(NS(=O)(=O)c2ccc(NC(=O)c3cc(-c4cccs4)nc4c3c(C)nn4C3CCS(=O)(=O)C3)cc2)n1. The molecule has 42 heavy (non-hydrogen) atoms. The number of anilines is 2. The molecule has 4 aromatic heterocycles. The van der Waals surface area contributed by atoms with E-state index in [0.29, 0.717) is 45.8 Å². The lowest BCUT2D eigenvalue weighted by molar-refractivity contribution is 0.102. The number of amides is 1. The second-order valence-corrected chi connectivity index (χ2v) is 14.8. The van der Waals surface area contributed by atoms with Crippen LogP contribution in [0.15, 0.2) is 65.0 Å². The van der Waals surface area contributed by atoms with Crippen LogP contribution in [0, 0.1) is 13.8 Å². The van der Waals surface area contributed by atoms with Crippen LogP contribution < -0.4 is 10.0 Å². The summed E-state index contributed by atoms with van der Waals surface area (Å²) >= 11 is 1.47. The molecule has 216 valence electrons. The predicted octanol–water partition coefficient (Wildman–Crippen LogP) is 3.98. The van der Waals surface area contributed by atoms with Crippen molar-refractivity contribution in [2.45, 2.75) is 31.2 Å². The van der Waals surface area contributed by atoms with Gasteiger partial charge in [-0.1, -0.05) is 6.07 Å². The summed E-state index contributed by atoms with van der Waals surface area (Å²) in [6.45, 7) is 3.48. The van der Waals surface area contributed by atoms with Crippen molar-refractivity contribution in [1.29, 1.82) is 0 Å². The number of sulfone groups is 1. The van der Waals surface area contributed by atoms with Crippen LogP contribution in [0.1, 0.15) is 34.2 Å². The van der Waals surface area contributed by atoms with Gasteiger partial charge < -0.3 is 5.32 Å². The van der Waals surface area contributed by atoms with E-state index in [4.69, 9.17) is 4.98 Å². The van der Waals surface area contributed by atoms with Crippen molar-refractivity contribution in [2.24, 2.45) is 0 Å². The first-order chi connectivity index (χ1) is 20.0. The van der Waals surface area contributed by atoms with Crippen LogP contribution in [0.4, 0.5) is 11.6 Å². The largest absolute Gasteiger partial charge is 0.322 e. The first-order valence-electron chi connectivity index (χ1n) is 12.9. The highest BCUT2D eigenvalue weighted by atomic mass is 32.2. The summed E-state index contributed by atoms with van der Waals surface area (Å²) in [5.74, 6) is -0.434. The standard InChI is InChI=1S/C27H25N7O5S3/c1-16-9-11-28-27(29-16)33-42(38,39)20-7-5-18(6-8-20)30-26(35)21-14-22(23-4-3-12-40-23)31-25-24(21)17(2)32-34(25)19-10-13-41(36,37)15-19/h3-9,11-12,14,19H,10,13,15H2,1-2H3,(H,30,35)(H,28,29,33). The summed E-state index contributed by atoms with van der Waals surface area (Å²) in [6, 6.07) is 12.5. The summed E-state index contributed by atoms with van der Waals surface area (Å²) in [5, 5.41) is 9.89. The van der Waals surface area contributed by atoms with Gasteiger partial charge in [-0.25, -0.2) is 41.2 Å². The predicted molar refractivity (Wildman–Crippen MR) is 160 cm³/mol. The van der Waals surface area contributed by atoms with E-state index in [1.807, 2.05) is 17.5 Å². The fraction of sp³-hybridized carbons (Fsp3) is 0.222. The highest BCUT2D eigenvalue weighted by Gasteiger charge is 2.32. The Bertz CT molecular complexity index is 2040. The van der Waals surface area contributed by atoms with Crippen LogP contribution in [-0.2, 0) is 19.9 Å². The van der Waals surface area contributed by atoms with Crippen molar-refractivity contribution < 1.29 is 21.6 Å². The van der Waals surface area contributed by atoms with Crippen molar-refractivity contribution in [1.82, 2.24) is 24.7 Å². The second-order valence-electron chi connectivity index (χ2n) is 9.92. The molecular formula is C27H25N7O5S3. The first kappa shape index (κ1) is 27.9. The summed E-state index contributed by atoms with van der Waals surface area (Å²) in [6.07, 6.45) is 1.88. The lowest BCUT2D eigenvalue weighted by Crippen LogP contribution is -2.16. The number of aromatic nitrogens is 5.